The Bertz CT molecular complexity index is 151. The molecule has 1 saturated heterocycles. The summed E-state index contributed by atoms with van der Waals surface area (Å²) in [5.74, 6) is 0.969. The molecular formula is C10H19N. The van der Waals surface area contributed by atoms with Gasteiger partial charge < -0.3 is 5.32 Å². The van der Waals surface area contributed by atoms with Crippen LogP contribution in [-0.4, -0.2) is 12.6 Å². The van der Waals surface area contributed by atoms with Gasteiger partial charge in [0.2, 0.25) is 0 Å². The van der Waals surface area contributed by atoms with Gasteiger partial charge >= 0.3 is 0 Å². The average Bonchev–Trinajstić information content (AvgIpc) is 2.29. The minimum absolute atomic E-state index is 0.574. The number of hydrogen-bond donors (Lipinski definition) is 1. The smallest absolute Gasteiger partial charge is 0.0101 e. The molecule has 0 aromatic heterocycles. The first kappa shape index (κ1) is 7.60. The van der Waals surface area contributed by atoms with Crippen molar-refractivity contribution >= 4 is 0 Å². The first-order valence-corrected chi connectivity index (χ1v) is 4.93. The fraction of sp³-hybridized carbons (Fsp3) is 1.00. The molecule has 0 spiro atoms. The molecule has 0 aromatic rings. The maximum atomic E-state index is 3.65. The normalized spacial score (nSPS) is 42.0. The van der Waals surface area contributed by atoms with Crippen LogP contribution < -0.4 is 5.32 Å². The van der Waals surface area contributed by atoms with Crippen LogP contribution in [-0.2, 0) is 0 Å². The summed E-state index contributed by atoms with van der Waals surface area (Å²) in [6.07, 6.45) is 5.80. The van der Waals surface area contributed by atoms with Crippen molar-refractivity contribution in [1.82, 2.24) is 5.32 Å². The molecular weight excluding hydrogens is 134 g/mol. The molecule has 0 unspecified atom stereocenters. The predicted molar refractivity (Wildman–Crippen MR) is 47.5 cm³/mol. The maximum Gasteiger partial charge on any atom is 0.0101 e. The van der Waals surface area contributed by atoms with E-state index in [2.05, 4.69) is 19.2 Å². The summed E-state index contributed by atoms with van der Waals surface area (Å²) in [6.45, 7) is 6.06. The summed E-state index contributed by atoms with van der Waals surface area (Å²) in [5, 5.41) is 3.65. The Morgan fingerprint density at radius 3 is 2.64 bits per heavy atom. The maximum absolute atomic E-state index is 3.65. The summed E-state index contributed by atoms with van der Waals surface area (Å²) in [6, 6.07) is 0.860. The lowest BCUT2D eigenvalue weighted by atomic mass is 9.72. The lowest BCUT2D eigenvalue weighted by molar-refractivity contribution is 0.205. The van der Waals surface area contributed by atoms with Gasteiger partial charge in [0.05, 0.1) is 0 Å². The fourth-order valence-corrected chi connectivity index (χ4v) is 2.84. The van der Waals surface area contributed by atoms with Crippen molar-refractivity contribution in [2.45, 2.75) is 45.6 Å². The van der Waals surface area contributed by atoms with Gasteiger partial charge in [0, 0.05) is 12.6 Å². The molecule has 0 aromatic carbocycles. The second-order valence-corrected chi connectivity index (χ2v) is 4.87. The highest BCUT2D eigenvalue weighted by molar-refractivity contribution is 4.97. The Labute approximate surface area is 69.6 Å². The molecule has 0 radical (unpaired) electrons. The van der Waals surface area contributed by atoms with Gasteiger partial charge in [-0.3, -0.25) is 0 Å². The van der Waals surface area contributed by atoms with Crippen LogP contribution in [0.25, 0.3) is 0 Å². The van der Waals surface area contributed by atoms with E-state index in [1.165, 1.54) is 32.2 Å². The monoisotopic (exact) mass is 153 g/mol. The standard InChI is InChI=1S/C10H19N/c1-10(2)7-11-9-6-4-3-5-8(9)10/h8-9,11H,3-7H2,1-2H3/t8-,9+/m0/s1. The van der Waals surface area contributed by atoms with Crippen LogP contribution in [0.4, 0.5) is 0 Å². The van der Waals surface area contributed by atoms with Gasteiger partial charge in [-0.1, -0.05) is 26.7 Å². The second-order valence-electron chi connectivity index (χ2n) is 4.87. The van der Waals surface area contributed by atoms with Crippen molar-refractivity contribution in [2.75, 3.05) is 6.54 Å². The number of fused-ring (bicyclic) bond motifs is 1. The Kier molecular flexibility index (Phi) is 1.71. The lowest BCUT2D eigenvalue weighted by Crippen LogP contribution is -2.31. The van der Waals surface area contributed by atoms with Crippen LogP contribution in [0.3, 0.4) is 0 Å². The van der Waals surface area contributed by atoms with E-state index in [0.717, 1.165) is 12.0 Å². The molecule has 1 saturated carbocycles. The molecule has 1 aliphatic heterocycles. The van der Waals surface area contributed by atoms with E-state index < -0.39 is 0 Å². The van der Waals surface area contributed by atoms with Crippen molar-refractivity contribution in [3.05, 3.63) is 0 Å². The predicted octanol–water partition coefficient (Wildman–Crippen LogP) is 2.17. The number of rotatable bonds is 0. The summed E-state index contributed by atoms with van der Waals surface area (Å²) < 4.78 is 0. The number of nitrogens with one attached hydrogen (secondary N) is 1. The molecule has 2 aliphatic rings. The van der Waals surface area contributed by atoms with E-state index in [9.17, 15) is 0 Å². The van der Waals surface area contributed by atoms with Crippen molar-refractivity contribution in [3.63, 3.8) is 0 Å². The van der Waals surface area contributed by atoms with E-state index in [0.29, 0.717) is 5.41 Å². The van der Waals surface area contributed by atoms with Crippen LogP contribution in [0.1, 0.15) is 39.5 Å². The van der Waals surface area contributed by atoms with Gasteiger partial charge in [0.15, 0.2) is 0 Å². The molecule has 1 heterocycles. The Balaban J connectivity index is 2.10. The first-order chi connectivity index (χ1) is 5.20. The summed E-state index contributed by atoms with van der Waals surface area (Å²) in [5.41, 5.74) is 0.574. The fourth-order valence-electron chi connectivity index (χ4n) is 2.84. The minimum atomic E-state index is 0.574. The highest BCUT2D eigenvalue weighted by Gasteiger charge is 2.42. The number of hydrogen-bond acceptors (Lipinski definition) is 1. The quantitative estimate of drug-likeness (QED) is 0.562. The molecule has 1 heteroatoms. The van der Waals surface area contributed by atoms with Crippen LogP contribution in [0.2, 0.25) is 0 Å². The summed E-state index contributed by atoms with van der Waals surface area (Å²) in [7, 11) is 0. The zero-order valence-electron chi connectivity index (χ0n) is 7.69. The molecule has 0 amide bonds. The topological polar surface area (TPSA) is 12.0 Å². The van der Waals surface area contributed by atoms with Crippen molar-refractivity contribution in [3.8, 4) is 0 Å². The largest absolute Gasteiger partial charge is 0.313 e. The van der Waals surface area contributed by atoms with E-state index >= 15 is 0 Å². The Morgan fingerprint density at radius 2 is 1.91 bits per heavy atom. The van der Waals surface area contributed by atoms with Gasteiger partial charge in [0.25, 0.3) is 0 Å². The van der Waals surface area contributed by atoms with Crippen molar-refractivity contribution in [2.24, 2.45) is 11.3 Å². The SMILES string of the molecule is CC1(C)CN[C@@H]2CCCC[C@@H]21. The van der Waals surface area contributed by atoms with Gasteiger partial charge in [0.1, 0.15) is 0 Å². The molecule has 11 heavy (non-hydrogen) atoms. The lowest BCUT2D eigenvalue weighted by Gasteiger charge is -2.32. The highest BCUT2D eigenvalue weighted by Crippen LogP contribution is 2.42. The third kappa shape index (κ3) is 1.20. The molecule has 2 atom stereocenters. The van der Waals surface area contributed by atoms with Gasteiger partial charge in [-0.25, -0.2) is 0 Å². The van der Waals surface area contributed by atoms with Crippen LogP contribution in [0.15, 0.2) is 0 Å². The van der Waals surface area contributed by atoms with Crippen LogP contribution >= 0.6 is 0 Å². The summed E-state index contributed by atoms with van der Waals surface area (Å²) >= 11 is 0. The molecule has 0 bridgehead atoms. The Hall–Kier alpha value is -0.0400. The molecule has 1 N–H and O–H groups in total. The zero-order chi connectivity index (χ0) is 7.90. The van der Waals surface area contributed by atoms with E-state index in [4.69, 9.17) is 0 Å². The van der Waals surface area contributed by atoms with Crippen LogP contribution in [0.5, 0.6) is 0 Å². The van der Waals surface area contributed by atoms with E-state index in [1.807, 2.05) is 0 Å². The van der Waals surface area contributed by atoms with Gasteiger partial charge in [-0.15, -0.1) is 0 Å². The minimum Gasteiger partial charge on any atom is -0.313 e. The van der Waals surface area contributed by atoms with E-state index in [1.54, 1.807) is 0 Å². The van der Waals surface area contributed by atoms with Crippen LogP contribution in [0, 0.1) is 11.3 Å². The molecule has 64 valence electrons. The Morgan fingerprint density at radius 1 is 1.18 bits per heavy atom. The zero-order valence-corrected chi connectivity index (χ0v) is 7.69. The van der Waals surface area contributed by atoms with Gasteiger partial charge in [-0.05, 0) is 24.2 Å². The molecule has 2 rings (SSSR count). The first-order valence-electron chi connectivity index (χ1n) is 4.93. The summed E-state index contributed by atoms with van der Waals surface area (Å²) in [4.78, 5) is 0. The highest BCUT2D eigenvalue weighted by atomic mass is 15.0. The van der Waals surface area contributed by atoms with Crippen molar-refractivity contribution in [1.29, 1.82) is 0 Å². The molecule has 1 aliphatic carbocycles. The molecule has 2 fully saturated rings. The van der Waals surface area contributed by atoms with Gasteiger partial charge in [-0.2, -0.15) is 0 Å². The third-order valence-electron chi connectivity index (χ3n) is 3.59. The third-order valence-corrected chi connectivity index (χ3v) is 3.59. The average molecular weight is 153 g/mol. The second kappa shape index (κ2) is 2.48. The van der Waals surface area contributed by atoms with Crippen molar-refractivity contribution < 1.29 is 0 Å². The molecule has 1 nitrogen and oxygen atoms in total. The van der Waals surface area contributed by atoms with E-state index in [-0.39, 0.29) is 0 Å².